The minimum Gasteiger partial charge on any atom is -0.497 e. The van der Waals surface area contributed by atoms with Crippen LogP contribution >= 0.6 is 12.2 Å². The number of fused-ring (bicyclic) bond motifs is 1. The van der Waals surface area contributed by atoms with Crippen LogP contribution in [-0.2, 0) is 0 Å². The first-order valence-corrected chi connectivity index (χ1v) is 9.53. The molecule has 0 aromatic heterocycles. The Morgan fingerprint density at radius 1 is 0.793 bits per heavy atom. The average Bonchev–Trinajstić information content (AvgIpc) is 2.92. The fraction of sp³-hybridized carbons (Fsp3) is 0.130. The minimum absolute atomic E-state index is 0.561. The van der Waals surface area contributed by atoms with E-state index in [0.717, 1.165) is 44.9 Å². The molecule has 0 saturated carbocycles. The molecule has 0 aliphatic carbocycles. The Hall–Kier alpha value is -3.38. The quantitative estimate of drug-likeness (QED) is 0.548. The second-order valence-corrected chi connectivity index (χ2v) is 6.96. The van der Waals surface area contributed by atoms with E-state index >= 15 is 0 Å². The predicted octanol–water partition coefficient (Wildman–Crippen LogP) is 5.76. The number of benzene rings is 3. The molecule has 0 unspecified atom stereocenters. The maximum Gasteiger partial charge on any atom is 0.129 e. The zero-order valence-electron chi connectivity index (χ0n) is 16.1. The smallest absolute Gasteiger partial charge is 0.129 e. The number of ether oxygens (including phenoxy) is 3. The van der Waals surface area contributed by atoms with Crippen LogP contribution in [0.1, 0.15) is 12.0 Å². The first-order valence-electron chi connectivity index (χ1n) is 9.12. The van der Waals surface area contributed by atoms with E-state index in [1.54, 1.807) is 14.2 Å². The van der Waals surface area contributed by atoms with Crippen LogP contribution in [0.2, 0.25) is 0 Å². The van der Waals surface area contributed by atoms with Crippen molar-refractivity contribution in [2.45, 2.75) is 6.42 Å². The molecule has 146 valence electrons. The number of methoxy groups -OCH3 is 2. The maximum atomic E-state index is 5.98. The summed E-state index contributed by atoms with van der Waals surface area (Å²) in [5.74, 6) is 3.01. The molecule has 0 atom stereocenters. The maximum absolute atomic E-state index is 5.98. The van der Waals surface area contributed by atoms with Gasteiger partial charge in [0.25, 0.3) is 0 Å². The lowest BCUT2D eigenvalue weighted by atomic mass is 10.1. The van der Waals surface area contributed by atoms with E-state index in [1.807, 2.05) is 66.7 Å². The largest absolute Gasteiger partial charge is 0.497 e. The van der Waals surface area contributed by atoms with Crippen molar-refractivity contribution >= 4 is 34.3 Å². The number of aliphatic imine (C=N–C) groups is 1. The Labute approximate surface area is 175 Å². The molecule has 3 aromatic carbocycles. The van der Waals surface area contributed by atoms with Crippen molar-refractivity contribution in [3.05, 3.63) is 72.3 Å². The Bertz CT molecular complexity index is 1060. The summed E-state index contributed by atoms with van der Waals surface area (Å²) in [6, 6.07) is 21.0. The molecule has 0 saturated heterocycles. The van der Waals surface area contributed by atoms with Crippen molar-refractivity contribution in [3.8, 4) is 23.0 Å². The molecule has 29 heavy (non-hydrogen) atoms. The molecule has 0 radical (unpaired) electrons. The highest BCUT2D eigenvalue weighted by atomic mass is 32.1. The van der Waals surface area contributed by atoms with Gasteiger partial charge in [-0.25, -0.2) is 0 Å². The van der Waals surface area contributed by atoms with Crippen LogP contribution in [0.25, 0.3) is 0 Å². The summed E-state index contributed by atoms with van der Waals surface area (Å²) >= 11 is 5.50. The SMILES string of the molecule is COc1ccc(Oc2ccc3c(c2)N=C(c2ccc(OC)cc2)CC(=S)N3)cc1. The van der Waals surface area contributed by atoms with Crippen molar-refractivity contribution < 1.29 is 14.2 Å². The van der Waals surface area contributed by atoms with Gasteiger partial charge < -0.3 is 19.5 Å². The van der Waals surface area contributed by atoms with Gasteiger partial charge in [0.15, 0.2) is 0 Å². The summed E-state index contributed by atoms with van der Waals surface area (Å²) in [5, 5.41) is 3.27. The molecule has 1 aliphatic rings. The second kappa shape index (κ2) is 8.32. The minimum atomic E-state index is 0.561. The van der Waals surface area contributed by atoms with Gasteiger partial charge in [-0.3, -0.25) is 4.99 Å². The van der Waals surface area contributed by atoms with Crippen LogP contribution in [0.5, 0.6) is 23.0 Å². The standard InChI is InChI=1S/C23H20N2O3S/c1-26-16-5-3-15(4-6-16)21-14-23(29)25-20-12-11-19(13-22(20)24-21)28-18-9-7-17(27-2)8-10-18/h3-13H,14H2,1-2H3,(H,25,29). The number of anilines is 1. The molecule has 1 N–H and O–H groups in total. The van der Waals surface area contributed by atoms with Crippen LogP contribution in [0, 0.1) is 0 Å². The fourth-order valence-corrected chi connectivity index (χ4v) is 3.28. The molecule has 0 amide bonds. The van der Waals surface area contributed by atoms with Crippen LogP contribution in [0.15, 0.2) is 71.7 Å². The number of nitrogens with one attached hydrogen (secondary N) is 1. The van der Waals surface area contributed by atoms with E-state index in [2.05, 4.69) is 5.32 Å². The number of nitrogens with zero attached hydrogens (tertiary/aromatic N) is 1. The zero-order valence-corrected chi connectivity index (χ0v) is 17.0. The van der Waals surface area contributed by atoms with E-state index in [4.69, 9.17) is 31.4 Å². The molecular weight excluding hydrogens is 384 g/mol. The molecule has 6 heteroatoms. The molecule has 0 spiro atoms. The zero-order chi connectivity index (χ0) is 20.2. The molecule has 0 fully saturated rings. The van der Waals surface area contributed by atoms with Crippen molar-refractivity contribution in [2.75, 3.05) is 19.5 Å². The molecule has 4 rings (SSSR count). The Balaban J connectivity index is 1.65. The molecule has 1 heterocycles. The van der Waals surface area contributed by atoms with Crippen LogP contribution in [-0.4, -0.2) is 24.9 Å². The highest BCUT2D eigenvalue weighted by molar-refractivity contribution is 7.80. The summed E-state index contributed by atoms with van der Waals surface area (Å²) in [7, 11) is 3.29. The van der Waals surface area contributed by atoms with Gasteiger partial charge >= 0.3 is 0 Å². The van der Waals surface area contributed by atoms with E-state index < -0.39 is 0 Å². The summed E-state index contributed by atoms with van der Waals surface area (Å²) in [6.45, 7) is 0. The van der Waals surface area contributed by atoms with Gasteiger partial charge in [0, 0.05) is 12.5 Å². The Morgan fingerprint density at radius 3 is 2.03 bits per heavy atom. The molecule has 5 nitrogen and oxygen atoms in total. The van der Waals surface area contributed by atoms with Gasteiger partial charge in [0.1, 0.15) is 23.0 Å². The van der Waals surface area contributed by atoms with Gasteiger partial charge in [-0.15, -0.1) is 0 Å². The fourth-order valence-electron chi connectivity index (χ4n) is 3.03. The van der Waals surface area contributed by atoms with Gasteiger partial charge in [0.2, 0.25) is 0 Å². The molecular formula is C23H20N2O3S. The normalized spacial score (nSPS) is 12.9. The Morgan fingerprint density at radius 2 is 1.38 bits per heavy atom. The molecule has 3 aromatic rings. The topological polar surface area (TPSA) is 52.1 Å². The lowest BCUT2D eigenvalue weighted by molar-refractivity contribution is 0.413. The predicted molar refractivity (Wildman–Crippen MR) is 120 cm³/mol. The molecule has 1 aliphatic heterocycles. The summed E-state index contributed by atoms with van der Waals surface area (Å²) < 4.78 is 16.4. The first-order chi connectivity index (χ1) is 14.1. The van der Waals surface area contributed by atoms with Crippen molar-refractivity contribution in [1.82, 2.24) is 0 Å². The van der Waals surface area contributed by atoms with Crippen LogP contribution in [0.3, 0.4) is 0 Å². The highest BCUT2D eigenvalue weighted by Gasteiger charge is 2.16. The Kier molecular flexibility index (Phi) is 5.44. The van der Waals surface area contributed by atoms with Gasteiger partial charge in [-0.05, 0) is 66.2 Å². The van der Waals surface area contributed by atoms with E-state index in [1.165, 1.54) is 0 Å². The third-order valence-corrected chi connectivity index (χ3v) is 4.79. The third kappa shape index (κ3) is 4.38. The summed E-state index contributed by atoms with van der Waals surface area (Å²) in [5.41, 5.74) is 3.54. The second-order valence-electron chi connectivity index (χ2n) is 6.47. The summed E-state index contributed by atoms with van der Waals surface area (Å²) in [6.07, 6.45) is 0.561. The first kappa shape index (κ1) is 19.0. The van der Waals surface area contributed by atoms with E-state index in [9.17, 15) is 0 Å². The number of hydrogen-bond acceptors (Lipinski definition) is 5. The monoisotopic (exact) mass is 404 g/mol. The van der Waals surface area contributed by atoms with Crippen LogP contribution in [0.4, 0.5) is 11.4 Å². The summed E-state index contributed by atoms with van der Waals surface area (Å²) in [4.78, 5) is 5.59. The third-order valence-electron chi connectivity index (χ3n) is 4.55. The number of rotatable bonds is 5. The van der Waals surface area contributed by atoms with Gasteiger partial charge in [0.05, 0.1) is 36.3 Å². The van der Waals surface area contributed by atoms with Crippen LogP contribution < -0.4 is 19.5 Å². The van der Waals surface area contributed by atoms with Crippen molar-refractivity contribution in [3.63, 3.8) is 0 Å². The highest BCUT2D eigenvalue weighted by Crippen LogP contribution is 2.35. The van der Waals surface area contributed by atoms with E-state index in [0.29, 0.717) is 12.2 Å². The number of thiocarbonyl (C=S) groups is 1. The lowest BCUT2D eigenvalue weighted by Gasteiger charge is -2.10. The lowest BCUT2D eigenvalue weighted by Crippen LogP contribution is -2.12. The van der Waals surface area contributed by atoms with Gasteiger partial charge in [-0.2, -0.15) is 0 Å². The molecule has 0 bridgehead atoms. The van der Waals surface area contributed by atoms with E-state index in [-0.39, 0.29) is 0 Å². The van der Waals surface area contributed by atoms with Gasteiger partial charge in [-0.1, -0.05) is 12.2 Å². The average molecular weight is 404 g/mol. The van der Waals surface area contributed by atoms with Crippen molar-refractivity contribution in [2.24, 2.45) is 4.99 Å². The number of hydrogen-bond donors (Lipinski definition) is 1. The van der Waals surface area contributed by atoms with Crippen molar-refractivity contribution in [1.29, 1.82) is 0 Å².